The molecule has 0 aliphatic rings. The number of nitrogens with zero attached hydrogens (tertiary/aromatic N) is 1. The minimum Gasteiger partial charge on any atom is -0.293 e. The highest BCUT2D eigenvalue weighted by molar-refractivity contribution is 5.91. The third kappa shape index (κ3) is 1.70. The smallest absolute Gasteiger partial charge is 0.0308 e. The van der Waals surface area contributed by atoms with Crippen LogP contribution in [0.5, 0.6) is 0 Å². The van der Waals surface area contributed by atoms with Gasteiger partial charge in [-0.2, -0.15) is 0 Å². The van der Waals surface area contributed by atoms with Gasteiger partial charge in [0, 0.05) is 12.8 Å². The molecular weight excluding hydrogens is 74.1 g/mol. The van der Waals surface area contributed by atoms with E-state index in [2.05, 4.69) is 11.6 Å². The summed E-state index contributed by atoms with van der Waals surface area (Å²) in [5.41, 5.74) is 0.981. The average molecular weight is 83.1 g/mol. The molecule has 0 unspecified atom stereocenters. The molecule has 0 rings (SSSR count). The van der Waals surface area contributed by atoms with Gasteiger partial charge in [0.2, 0.25) is 0 Å². The summed E-state index contributed by atoms with van der Waals surface area (Å²) in [6.45, 7) is 5.41. The molecule has 1 heteroatoms. The molecule has 0 saturated heterocycles. The van der Waals surface area contributed by atoms with Gasteiger partial charge >= 0.3 is 0 Å². The first kappa shape index (κ1) is 5.41. The molecule has 0 aromatic heterocycles. The van der Waals surface area contributed by atoms with Gasteiger partial charge in [0.25, 0.3) is 0 Å². The third-order valence-electron chi connectivity index (χ3n) is 0.648. The van der Waals surface area contributed by atoms with Crippen molar-refractivity contribution in [3.8, 4) is 0 Å². The van der Waals surface area contributed by atoms with Crippen LogP contribution in [0.3, 0.4) is 0 Å². The van der Waals surface area contributed by atoms with Crippen molar-refractivity contribution in [2.45, 2.75) is 6.92 Å². The predicted molar refractivity (Wildman–Crippen MR) is 29.2 cm³/mol. The Bertz CT molecular complexity index is 72.0. The van der Waals surface area contributed by atoms with Crippen LogP contribution in [0, 0.1) is 0 Å². The lowest BCUT2D eigenvalue weighted by Gasteiger charge is -1.78. The van der Waals surface area contributed by atoms with E-state index in [1.807, 2.05) is 6.92 Å². The average Bonchev–Trinajstić information content (AvgIpc) is 1.65. The Kier molecular flexibility index (Phi) is 2.38. The van der Waals surface area contributed by atoms with Crippen molar-refractivity contribution >= 4 is 5.71 Å². The molecule has 0 aromatic rings. The maximum absolute atomic E-state index is 3.81. The lowest BCUT2D eigenvalue weighted by molar-refractivity contribution is 1.43. The second kappa shape index (κ2) is 2.64. The molecule has 0 bridgehead atoms. The molecule has 0 saturated carbocycles. The van der Waals surface area contributed by atoms with Gasteiger partial charge in [0.15, 0.2) is 0 Å². The van der Waals surface area contributed by atoms with Gasteiger partial charge in [0.1, 0.15) is 0 Å². The Morgan fingerprint density at radius 2 is 2.33 bits per heavy atom. The summed E-state index contributed by atoms with van der Waals surface area (Å²) in [7, 11) is 1.75. The Morgan fingerprint density at radius 3 is 2.33 bits per heavy atom. The van der Waals surface area contributed by atoms with Crippen molar-refractivity contribution in [3.05, 3.63) is 12.7 Å². The van der Waals surface area contributed by atoms with E-state index in [1.54, 1.807) is 13.1 Å². The monoisotopic (exact) mass is 83.1 g/mol. The fraction of sp³-hybridized carbons (Fsp3) is 0.400. The van der Waals surface area contributed by atoms with Crippen LogP contribution >= 0.6 is 0 Å². The second-order valence-corrected chi connectivity index (χ2v) is 1.07. The van der Waals surface area contributed by atoms with Crippen LogP contribution < -0.4 is 0 Å². The first-order valence-electron chi connectivity index (χ1n) is 1.87. The zero-order valence-corrected chi connectivity index (χ0v) is 4.23. The van der Waals surface area contributed by atoms with E-state index in [1.165, 1.54) is 0 Å². The Morgan fingerprint density at radius 1 is 1.83 bits per heavy atom. The third-order valence-corrected chi connectivity index (χ3v) is 0.648. The van der Waals surface area contributed by atoms with Gasteiger partial charge in [-0.25, -0.2) is 0 Å². The lowest BCUT2D eigenvalue weighted by Crippen LogP contribution is -1.77. The fourth-order valence-corrected chi connectivity index (χ4v) is 0.0913. The molecule has 0 fully saturated rings. The van der Waals surface area contributed by atoms with E-state index in [-0.39, 0.29) is 0 Å². The highest BCUT2D eigenvalue weighted by atomic mass is 14.7. The highest BCUT2D eigenvalue weighted by Crippen LogP contribution is 1.70. The number of hydrogen-bond acceptors (Lipinski definition) is 1. The van der Waals surface area contributed by atoms with Crippen LogP contribution in [-0.4, -0.2) is 12.8 Å². The molecule has 1 nitrogen and oxygen atoms in total. The van der Waals surface area contributed by atoms with Gasteiger partial charge in [-0.1, -0.05) is 6.58 Å². The predicted octanol–water partition coefficient (Wildman–Crippen LogP) is 1.26. The summed E-state index contributed by atoms with van der Waals surface area (Å²) in [5.74, 6) is 0. The number of rotatable bonds is 1. The maximum atomic E-state index is 3.81. The molecular formula is C5H9N. The summed E-state index contributed by atoms with van der Waals surface area (Å²) >= 11 is 0. The quantitative estimate of drug-likeness (QED) is 0.423. The molecule has 0 aromatic carbocycles. The van der Waals surface area contributed by atoms with E-state index < -0.39 is 0 Å². The first-order valence-corrected chi connectivity index (χ1v) is 1.87. The Hall–Kier alpha value is -0.590. The molecule has 0 spiro atoms. The molecule has 0 aliphatic carbocycles. The van der Waals surface area contributed by atoms with Gasteiger partial charge in [0.05, 0.1) is 0 Å². The topological polar surface area (TPSA) is 12.4 Å². The van der Waals surface area contributed by atoms with E-state index in [0.717, 1.165) is 5.71 Å². The van der Waals surface area contributed by atoms with E-state index in [0.29, 0.717) is 0 Å². The number of allylic oxidation sites excluding steroid dienone is 1. The second-order valence-electron chi connectivity index (χ2n) is 1.07. The SMILES string of the molecule is C=CC(C)=NC. The standard InChI is InChI=1S/C5H9N/c1-4-5(2)6-3/h4H,1H2,2-3H3. The molecule has 0 amide bonds. The normalized spacial score (nSPS) is 11.3. The Labute approximate surface area is 38.4 Å². The molecule has 34 valence electrons. The summed E-state index contributed by atoms with van der Waals surface area (Å²) in [5, 5.41) is 0. The van der Waals surface area contributed by atoms with Crippen molar-refractivity contribution in [2.24, 2.45) is 4.99 Å². The largest absolute Gasteiger partial charge is 0.293 e. The van der Waals surface area contributed by atoms with Gasteiger partial charge < -0.3 is 0 Å². The summed E-state index contributed by atoms with van der Waals surface area (Å²) in [6.07, 6.45) is 1.72. The molecule has 0 aliphatic heterocycles. The summed E-state index contributed by atoms with van der Waals surface area (Å²) < 4.78 is 0. The molecule has 0 radical (unpaired) electrons. The summed E-state index contributed by atoms with van der Waals surface area (Å²) in [6, 6.07) is 0. The minimum absolute atomic E-state index is 0.981. The van der Waals surface area contributed by atoms with Crippen molar-refractivity contribution in [3.63, 3.8) is 0 Å². The van der Waals surface area contributed by atoms with E-state index in [9.17, 15) is 0 Å². The van der Waals surface area contributed by atoms with Crippen LogP contribution in [0.1, 0.15) is 6.92 Å². The zero-order valence-electron chi connectivity index (χ0n) is 4.23. The Balaban J connectivity index is 3.50. The first-order chi connectivity index (χ1) is 2.81. The van der Waals surface area contributed by atoms with E-state index in [4.69, 9.17) is 0 Å². The minimum atomic E-state index is 0.981. The zero-order chi connectivity index (χ0) is 4.99. The lowest BCUT2D eigenvalue weighted by atomic mass is 10.4. The van der Waals surface area contributed by atoms with Crippen LogP contribution in [-0.2, 0) is 0 Å². The fourth-order valence-electron chi connectivity index (χ4n) is 0.0913. The molecule has 6 heavy (non-hydrogen) atoms. The van der Waals surface area contributed by atoms with E-state index >= 15 is 0 Å². The van der Waals surface area contributed by atoms with Crippen LogP contribution in [0.15, 0.2) is 17.6 Å². The van der Waals surface area contributed by atoms with Crippen LogP contribution in [0.25, 0.3) is 0 Å². The van der Waals surface area contributed by atoms with Gasteiger partial charge in [-0.3, -0.25) is 4.99 Å². The number of aliphatic imine (C=N–C) groups is 1. The highest BCUT2D eigenvalue weighted by Gasteiger charge is 1.68. The molecule has 0 N–H and O–H groups in total. The van der Waals surface area contributed by atoms with Gasteiger partial charge in [-0.15, -0.1) is 0 Å². The van der Waals surface area contributed by atoms with Crippen molar-refractivity contribution in [1.29, 1.82) is 0 Å². The summed E-state index contributed by atoms with van der Waals surface area (Å²) in [4.78, 5) is 3.81. The van der Waals surface area contributed by atoms with Crippen LogP contribution in [0.2, 0.25) is 0 Å². The number of hydrogen-bond donors (Lipinski definition) is 0. The maximum Gasteiger partial charge on any atom is 0.0308 e. The molecule has 0 atom stereocenters. The van der Waals surface area contributed by atoms with Crippen molar-refractivity contribution in [1.82, 2.24) is 0 Å². The van der Waals surface area contributed by atoms with Crippen molar-refractivity contribution in [2.75, 3.05) is 7.05 Å². The van der Waals surface area contributed by atoms with Gasteiger partial charge in [-0.05, 0) is 13.0 Å². The van der Waals surface area contributed by atoms with Crippen LogP contribution in [0.4, 0.5) is 0 Å². The van der Waals surface area contributed by atoms with Crippen molar-refractivity contribution < 1.29 is 0 Å². The molecule has 0 heterocycles.